The number of piperidine rings is 1. The summed E-state index contributed by atoms with van der Waals surface area (Å²) in [7, 11) is 2.15. The fourth-order valence-electron chi connectivity index (χ4n) is 2.44. The van der Waals surface area contributed by atoms with Gasteiger partial charge in [-0.2, -0.15) is 0 Å². The molecule has 1 atom stereocenters. The number of carbonyl (C=O) groups is 1. The molecule has 0 radical (unpaired) electrons. The Morgan fingerprint density at radius 3 is 2.73 bits per heavy atom. The molecule has 2 rings (SSSR count). The summed E-state index contributed by atoms with van der Waals surface area (Å²) >= 11 is 0. The number of amides is 1. The summed E-state index contributed by atoms with van der Waals surface area (Å²) < 4.78 is 0. The van der Waals surface area contributed by atoms with Gasteiger partial charge in [-0.25, -0.2) is 0 Å². The Morgan fingerprint density at radius 2 is 2.07 bits per heavy atom. The van der Waals surface area contributed by atoms with Crippen LogP contribution >= 0.6 is 0 Å². The highest BCUT2D eigenvalue weighted by Gasteiger charge is 2.27. The van der Waals surface area contributed by atoms with E-state index in [0.29, 0.717) is 11.8 Å². The average molecular weight is 208 g/mol. The molecule has 1 fully saturated rings. The predicted octanol–water partition coefficient (Wildman–Crippen LogP) is 1.02. The van der Waals surface area contributed by atoms with E-state index in [0.717, 1.165) is 38.0 Å². The van der Waals surface area contributed by atoms with Gasteiger partial charge in [0.25, 0.3) is 0 Å². The molecular formula is C12H20N2O. The molecule has 1 N–H and O–H groups in total. The lowest BCUT2D eigenvalue weighted by Crippen LogP contribution is -2.39. The molecule has 0 spiro atoms. The molecule has 84 valence electrons. The monoisotopic (exact) mass is 208 g/mol. The molecule has 2 aliphatic rings. The molecule has 2 heterocycles. The summed E-state index contributed by atoms with van der Waals surface area (Å²) in [6.45, 7) is 5.19. The summed E-state index contributed by atoms with van der Waals surface area (Å²) in [5, 5.41) is 2.97. The van der Waals surface area contributed by atoms with E-state index in [1.165, 1.54) is 0 Å². The van der Waals surface area contributed by atoms with Crippen molar-refractivity contribution in [2.75, 3.05) is 26.7 Å². The van der Waals surface area contributed by atoms with Crippen molar-refractivity contribution in [2.24, 2.45) is 11.8 Å². The Balaban J connectivity index is 2.05. The molecule has 1 saturated heterocycles. The van der Waals surface area contributed by atoms with E-state index >= 15 is 0 Å². The average Bonchev–Trinajstić information content (AvgIpc) is 2.23. The van der Waals surface area contributed by atoms with Gasteiger partial charge in [-0.3, -0.25) is 4.79 Å². The van der Waals surface area contributed by atoms with Crippen LogP contribution in [0.5, 0.6) is 0 Å². The summed E-state index contributed by atoms with van der Waals surface area (Å²) in [4.78, 5) is 14.1. The quantitative estimate of drug-likeness (QED) is 0.698. The van der Waals surface area contributed by atoms with Crippen molar-refractivity contribution in [2.45, 2.75) is 19.8 Å². The van der Waals surface area contributed by atoms with Gasteiger partial charge in [0.05, 0.1) is 0 Å². The number of carbonyl (C=O) groups excluding carboxylic acids is 1. The summed E-state index contributed by atoms with van der Waals surface area (Å²) in [6.07, 6.45) is 4.43. The molecule has 1 unspecified atom stereocenters. The number of likely N-dealkylation sites (tertiary alicyclic amines) is 1. The Hall–Kier alpha value is -0.830. The summed E-state index contributed by atoms with van der Waals surface area (Å²) in [5.41, 5.74) is 1.04. The maximum Gasteiger partial charge on any atom is 0.247 e. The van der Waals surface area contributed by atoms with Crippen molar-refractivity contribution >= 4 is 5.91 Å². The van der Waals surface area contributed by atoms with Gasteiger partial charge in [0, 0.05) is 12.1 Å². The third-order valence-corrected chi connectivity index (χ3v) is 3.47. The molecule has 15 heavy (non-hydrogen) atoms. The van der Waals surface area contributed by atoms with Crippen LogP contribution in [0.25, 0.3) is 0 Å². The first kappa shape index (κ1) is 10.7. The Morgan fingerprint density at radius 1 is 1.40 bits per heavy atom. The van der Waals surface area contributed by atoms with Gasteiger partial charge >= 0.3 is 0 Å². The van der Waals surface area contributed by atoms with Crippen molar-refractivity contribution < 1.29 is 4.79 Å². The third kappa shape index (κ3) is 2.40. The number of nitrogens with one attached hydrogen (secondary N) is 1. The predicted molar refractivity (Wildman–Crippen MR) is 60.5 cm³/mol. The van der Waals surface area contributed by atoms with Crippen LogP contribution in [0.1, 0.15) is 19.8 Å². The van der Waals surface area contributed by atoms with Crippen LogP contribution in [-0.2, 0) is 4.79 Å². The van der Waals surface area contributed by atoms with Crippen LogP contribution in [0.15, 0.2) is 11.6 Å². The van der Waals surface area contributed by atoms with Crippen molar-refractivity contribution in [1.29, 1.82) is 0 Å². The highest BCUT2D eigenvalue weighted by molar-refractivity contribution is 5.94. The van der Waals surface area contributed by atoms with Gasteiger partial charge in [-0.05, 0) is 44.8 Å². The van der Waals surface area contributed by atoms with Crippen molar-refractivity contribution in [1.82, 2.24) is 10.2 Å². The number of nitrogens with zero attached hydrogens (tertiary/aromatic N) is 1. The first-order valence-corrected chi connectivity index (χ1v) is 5.85. The summed E-state index contributed by atoms with van der Waals surface area (Å²) in [6, 6.07) is 0. The van der Waals surface area contributed by atoms with Gasteiger partial charge in [0.1, 0.15) is 0 Å². The standard InChI is InChI=1S/C12H20N2O/c1-9-7-11(12(15)13-8-9)10-3-5-14(2)6-4-10/h7,9-10H,3-6,8H2,1-2H3,(H,13,15). The van der Waals surface area contributed by atoms with Crippen LogP contribution in [-0.4, -0.2) is 37.5 Å². The van der Waals surface area contributed by atoms with Crippen molar-refractivity contribution in [3.05, 3.63) is 11.6 Å². The fourth-order valence-corrected chi connectivity index (χ4v) is 2.44. The Kier molecular flexibility index (Phi) is 3.10. The summed E-state index contributed by atoms with van der Waals surface area (Å²) in [5.74, 6) is 1.16. The molecule has 2 aliphatic heterocycles. The van der Waals surface area contributed by atoms with E-state index in [1.54, 1.807) is 0 Å². The highest BCUT2D eigenvalue weighted by atomic mass is 16.1. The van der Waals surface area contributed by atoms with Gasteiger partial charge < -0.3 is 10.2 Å². The molecular weight excluding hydrogens is 188 g/mol. The molecule has 1 amide bonds. The van der Waals surface area contributed by atoms with Crippen molar-refractivity contribution in [3.8, 4) is 0 Å². The minimum atomic E-state index is 0.169. The maximum absolute atomic E-state index is 11.7. The van der Waals surface area contributed by atoms with Crippen LogP contribution in [0, 0.1) is 11.8 Å². The van der Waals surface area contributed by atoms with Crippen LogP contribution in [0.2, 0.25) is 0 Å². The van der Waals surface area contributed by atoms with E-state index in [9.17, 15) is 4.79 Å². The highest BCUT2D eigenvalue weighted by Crippen LogP contribution is 2.26. The largest absolute Gasteiger partial charge is 0.352 e. The molecule has 0 saturated carbocycles. The van der Waals surface area contributed by atoms with E-state index in [2.05, 4.69) is 30.3 Å². The lowest BCUT2D eigenvalue weighted by molar-refractivity contribution is -0.118. The first-order valence-electron chi connectivity index (χ1n) is 5.85. The van der Waals surface area contributed by atoms with Gasteiger partial charge in [0.15, 0.2) is 0 Å². The van der Waals surface area contributed by atoms with E-state index in [1.807, 2.05) is 0 Å². The van der Waals surface area contributed by atoms with Crippen LogP contribution in [0.3, 0.4) is 0 Å². The molecule has 3 nitrogen and oxygen atoms in total. The second-order valence-corrected chi connectivity index (χ2v) is 4.89. The molecule has 3 heteroatoms. The molecule has 0 aromatic heterocycles. The molecule has 0 aliphatic carbocycles. The van der Waals surface area contributed by atoms with Crippen LogP contribution in [0.4, 0.5) is 0 Å². The Bertz CT molecular complexity index is 277. The number of rotatable bonds is 1. The zero-order chi connectivity index (χ0) is 10.8. The minimum Gasteiger partial charge on any atom is -0.352 e. The lowest BCUT2D eigenvalue weighted by atomic mass is 9.85. The third-order valence-electron chi connectivity index (χ3n) is 3.47. The Labute approximate surface area is 91.5 Å². The van der Waals surface area contributed by atoms with E-state index in [4.69, 9.17) is 0 Å². The molecule has 0 aromatic rings. The lowest BCUT2D eigenvalue weighted by Gasteiger charge is -2.32. The second-order valence-electron chi connectivity index (χ2n) is 4.89. The zero-order valence-electron chi connectivity index (χ0n) is 9.62. The smallest absolute Gasteiger partial charge is 0.247 e. The van der Waals surface area contributed by atoms with Crippen molar-refractivity contribution in [3.63, 3.8) is 0 Å². The topological polar surface area (TPSA) is 32.3 Å². The number of hydrogen-bond acceptors (Lipinski definition) is 2. The first-order chi connectivity index (χ1) is 7.16. The maximum atomic E-state index is 11.7. The molecule has 0 aromatic carbocycles. The van der Waals surface area contributed by atoms with Gasteiger partial charge in [-0.15, -0.1) is 0 Å². The number of hydrogen-bond donors (Lipinski definition) is 1. The SMILES string of the molecule is CC1C=C(C2CCN(C)CC2)C(=O)NC1. The van der Waals surface area contributed by atoms with Crippen LogP contribution < -0.4 is 5.32 Å². The minimum absolute atomic E-state index is 0.169. The normalized spacial score (nSPS) is 29.9. The second kappa shape index (κ2) is 4.35. The molecule has 0 bridgehead atoms. The fraction of sp³-hybridized carbons (Fsp3) is 0.750. The van der Waals surface area contributed by atoms with E-state index < -0.39 is 0 Å². The van der Waals surface area contributed by atoms with Gasteiger partial charge in [0.2, 0.25) is 5.91 Å². The zero-order valence-corrected chi connectivity index (χ0v) is 9.62. The van der Waals surface area contributed by atoms with E-state index in [-0.39, 0.29) is 5.91 Å². The van der Waals surface area contributed by atoms with Gasteiger partial charge in [-0.1, -0.05) is 13.0 Å².